The van der Waals surface area contributed by atoms with Crippen LogP contribution in [0.2, 0.25) is 0 Å². The number of anilines is 1. The number of aromatic nitrogens is 4. The predicted octanol–water partition coefficient (Wildman–Crippen LogP) is 3.29. The van der Waals surface area contributed by atoms with Crippen LogP contribution in [0, 0.1) is 6.92 Å². The zero-order valence-electron chi connectivity index (χ0n) is 14.9. The summed E-state index contributed by atoms with van der Waals surface area (Å²) < 4.78 is 29.6. The molecule has 0 aliphatic heterocycles. The van der Waals surface area contributed by atoms with Gasteiger partial charge in [-0.3, -0.25) is 4.72 Å². The van der Waals surface area contributed by atoms with Gasteiger partial charge >= 0.3 is 0 Å². The molecule has 8 heteroatoms. The molecule has 0 spiro atoms. The van der Waals surface area contributed by atoms with Crippen molar-refractivity contribution in [1.82, 2.24) is 20.2 Å². The third-order valence-electron chi connectivity index (χ3n) is 4.52. The summed E-state index contributed by atoms with van der Waals surface area (Å²) in [6.07, 6.45) is 2.47. The van der Waals surface area contributed by atoms with Crippen LogP contribution in [0.25, 0.3) is 5.69 Å². The molecule has 0 fully saturated rings. The zero-order chi connectivity index (χ0) is 18.7. The van der Waals surface area contributed by atoms with Gasteiger partial charge in [-0.25, -0.2) is 13.1 Å². The number of hydrogen-bond acceptors (Lipinski definition) is 5. The van der Waals surface area contributed by atoms with Gasteiger partial charge in [-0.1, -0.05) is 32.0 Å². The van der Waals surface area contributed by atoms with Crippen molar-refractivity contribution < 1.29 is 8.42 Å². The normalized spacial score (nSPS) is 12.7. The minimum absolute atomic E-state index is 0.233. The smallest absolute Gasteiger partial charge is 0.261 e. The second kappa shape index (κ2) is 7.25. The molecule has 0 radical (unpaired) electrons. The van der Waals surface area contributed by atoms with Gasteiger partial charge in [0.1, 0.15) is 6.33 Å². The molecule has 0 aliphatic carbocycles. The van der Waals surface area contributed by atoms with E-state index in [1.165, 1.54) is 11.0 Å². The summed E-state index contributed by atoms with van der Waals surface area (Å²) in [5.41, 5.74) is 3.06. The Bertz CT molecular complexity index is 983. The van der Waals surface area contributed by atoms with Crippen LogP contribution in [-0.4, -0.2) is 28.6 Å². The van der Waals surface area contributed by atoms with Crippen molar-refractivity contribution in [2.45, 2.75) is 38.0 Å². The van der Waals surface area contributed by atoms with E-state index in [0.717, 1.165) is 17.5 Å². The fourth-order valence-electron chi connectivity index (χ4n) is 2.67. The van der Waals surface area contributed by atoms with Crippen LogP contribution < -0.4 is 4.72 Å². The highest BCUT2D eigenvalue weighted by molar-refractivity contribution is 7.92. The maximum atomic E-state index is 12.7. The molecule has 0 aliphatic rings. The molecule has 0 saturated heterocycles. The highest BCUT2D eigenvalue weighted by Crippen LogP contribution is 2.25. The maximum absolute atomic E-state index is 12.7. The Morgan fingerprint density at radius 2 is 1.88 bits per heavy atom. The Labute approximate surface area is 153 Å². The van der Waals surface area contributed by atoms with Crippen LogP contribution in [0.15, 0.2) is 53.7 Å². The summed E-state index contributed by atoms with van der Waals surface area (Å²) in [5.74, 6) is 0.398. The molecule has 26 heavy (non-hydrogen) atoms. The van der Waals surface area contributed by atoms with Crippen LogP contribution in [0.3, 0.4) is 0 Å². The Hall–Kier alpha value is -2.74. The van der Waals surface area contributed by atoms with Crippen LogP contribution in [-0.2, 0) is 10.0 Å². The predicted molar refractivity (Wildman–Crippen MR) is 99.8 cm³/mol. The van der Waals surface area contributed by atoms with Crippen molar-refractivity contribution in [2.24, 2.45) is 0 Å². The summed E-state index contributed by atoms with van der Waals surface area (Å²) in [4.78, 5) is 0.233. The summed E-state index contributed by atoms with van der Waals surface area (Å²) in [7, 11) is -3.68. The van der Waals surface area contributed by atoms with Crippen LogP contribution in [0.1, 0.15) is 37.3 Å². The van der Waals surface area contributed by atoms with E-state index in [2.05, 4.69) is 34.1 Å². The van der Waals surface area contributed by atoms with Crippen molar-refractivity contribution in [3.63, 3.8) is 0 Å². The fourth-order valence-corrected chi connectivity index (χ4v) is 3.79. The molecule has 2 aromatic carbocycles. The topological polar surface area (TPSA) is 89.8 Å². The van der Waals surface area contributed by atoms with E-state index in [1.54, 1.807) is 24.3 Å². The average molecular weight is 371 g/mol. The molecule has 0 unspecified atom stereocenters. The van der Waals surface area contributed by atoms with Gasteiger partial charge in [0.05, 0.1) is 16.3 Å². The molecule has 3 rings (SSSR count). The van der Waals surface area contributed by atoms with Gasteiger partial charge in [-0.2, -0.15) is 0 Å². The number of benzene rings is 2. The first-order chi connectivity index (χ1) is 12.4. The Morgan fingerprint density at radius 3 is 2.50 bits per heavy atom. The SMILES string of the molecule is CC[C@H](C)c1ccc(S(=O)(=O)Nc2cccc(-n3cnnn3)c2C)cc1. The van der Waals surface area contributed by atoms with Gasteiger partial charge in [-0.05, 0) is 65.1 Å². The van der Waals surface area contributed by atoms with E-state index in [9.17, 15) is 8.42 Å². The number of nitrogens with zero attached hydrogens (tertiary/aromatic N) is 4. The molecule has 136 valence electrons. The molecule has 1 N–H and O–H groups in total. The standard InChI is InChI=1S/C18H21N5O2S/c1-4-13(2)15-8-10-16(11-9-15)26(24,25)20-17-6-5-7-18(14(17)3)23-12-19-21-22-23/h5-13,20H,4H2,1-3H3/t13-/m0/s1. The third-order valence-corrected chi connectivity index (χ3v) is 5.90. The number of rotatable bonds is 6. The maximum Gasteiger partial charge on any atom is 0.261 e. The molecule has 1 aromatic heterocycles. The van der Waals surface area contributed by atoms with Gasteiger partial charge in [0.25, 0.3) is 10.0 Å². The fraction of sp³-hybridized carbons (Fsp3) is 0.278. The lowest BCUT2D eigenvalue weighted by atomic mass is 9.99. The summed E-state index contributed by atoms with van der Waals surface area (Å²) in [5, 5.41) is 11.1. The minimum atomic E-state index is -3.68. The first-order valence-electron chi connectivity index (χ1n) is 8.38. The summed E-state index contributed by atoms with van der Waals surface area (Å²) in [6.45, 7) is 6.05. The van der Waals surface area contributed by atoms with E-state index in [1.807, 2.05) is 25.1 Å². The Kier molecular flexibility index (Phi) is 5.03. The largest absolute Gasteiger partial charge is 0.279 e. The van der Waals surface area contributed by atoms with Gasteiger partial charge in [-0.15, -0.1) is 5.10 Å². The van der Waals surface area contributed by atoms with Crippen LogP contribution >= 0.6 is 0 Å². The first-order valence-corrected chi connectivity index (χ1v) is 9.86. The van der Waals surface area contributed by atoms with E-state index in [-0.39, 0.29) is 4.90 Å². The molecule has 3 aromatic rings. The minimum Gasteiger partial charge on any atom is -0.279 e. The van der Waals surface area contributed by atoms with Gasteiger partial charge in [0.15, 0.2) is 0 Å². The number of tetrazole rings is 1. The first kappa shape index (κ1) is 18.1. The zero-order valence-corrected chi connectivity index (χ0v) is 15.7. The second-order valence-corrected chi connectivity index (χ2v) is 7.87. The van der Waals surface area contributed by atoms with Gasteiger partial charge in [0, 0.05) is 0 Å². The van der Waals surface area contributed by atoms with Crippen molar-refractivity contribution in [2.75, 3.05) is 4.72 Å². The quantitative estimate of drug-likeness (QED) is 0.718. The number of nitrogens with one attached hydrogen (secondary N) is 1. The molecule has 1 atom stereocenters. The lowest BCUT2D eigenvalue weighted by molar-refractivity contribution is 0.601. The number of sulfonamides is 1. The van der Waals surface area contributed by atoms with E-state index in [4.69, 9.17) is 0 Å². The van der Waals surface area contributed by atoms with Gasteiger partial charge in [0.2, 0.25) is 0 Å². The molecular formula is C18H21N5O2S. The van der Waals surface area contributed by atoms with Crippen LogP contribution in [0.4, 0.5) is 5.69 Å². The van der Waals surface area contributed by atoms with Crippen molar-refractivity contribution in [3.8, 4) is 5.69 Å². The second-order valence-electron chi connectivity index (χ2n) is 6.19. The monoisotopic (exact) mass is 371 g/mol. The van der Waals surface area contributed by atoms with E-state index >= 15 is 0 Å². The van der Waals surface area contributed by atoms with Gasteiger partial charge < -0.3 is 0 Å². The van der Waals surface area contributed by atoms with Crippen LogP contribution in [0.5, 0.6) is 0 Å². The molecule has 0 amide bonds. The third kappa shape index (κ3) is 3.60. The summed E-state index contributed by atoms with van der Waals surface area (Å²) >= 11 is 0. The molecular weight excluding hydrogens is 350 g/mol. The average Bonchev–Trinajstić information content (AvgIpc) is 3.17. The number of hydrogen-bond donors (Lipinski definition) is 1. The Morgan fingerprint density at radius 1 is 1.15 bits per heavy atom. The molecule has 7 nitrogen and oxygen atoms in total. The van der Waals surface area contributed by atoms with E-state index in [0.29, 0.717) is 17.3 Å². The summed E-state index contributed by atoms with van der Waals surface area (Å²) in [6, 6.07) is 12.3. The molecule has 0 bridgehead atoms. The highest BCUT2D eigenvalue weighted by Gasteiger charge is 2.17. The molecule has 0 saturated carbocycles. The molecule has 1 heterocycles. The lowest BCUT2D eigenvalue weighted by Crippen LogP contribution is -2.14. The van der Waals surface area contributed by atoms with Crippen molar-refractivity contribution in [3.05, 3.63) is 59.9 Å². The lowest BCUT2D eigenvalue weighted by Gasteiger charge is -2.14. The van der Waals surface area contributed by atoms with E-state index < -0.39 is 10.0 Å². The van der Waals surface area contributed by atoms with Crippen molar-refractivity contribution in [1.29, 1.82) is 0 Å². The van der Waals surface area contributed by atoms with Crippen molar-refractivity contribution >= 4 is 15.7 Å². The Balaban J connectivity index is 1.89. The highest BCUT2D eigenvalue weighted by atomic mass is 32.2.